The van der Waals surface area contributed by atoms with Gasteiger partial charge in [-0.3, -0.25) is 4.79 Å². The van der Waals surface area contributed by atoms with E-state index >= 15 is 0 Å². The fourth-order valence-corrected chi connectivity index (χ4v) is 2.34. The molecule has 1 atom stereocenters. The maximum atomic E-state index is 13.8. The molecular weight excluding hydrogens is 275 g/mol. The predicted molar refractivity (Wildman–Crippen MR) is 73.3 cm³/mol. The molecule has 110 valence electrons. The molecule has 7 nitrogen and oxygen atoms in total. The summed E-state index contributed by atoms with van der Waals surface area (Å²) in [6.45, 7) is 1.55. The van der Waals surface area contributed by atoms with Crippen molar-refractivity contribution in [2.24, 2.45) is 5.92 Å². The van der Waals surface area contributed by atoms with Crippen molar-refractivity contribution in [1.29, 1.82) is 0 Å². The first-order valence-electron chi connectivity index (χ1n) is 6.78. The van der Waals surface area contributed by atoms with Gasteiger partial charge in [-0.05, 0) is 48.0 Å². The average molecular weight is 290 g/mol. The van der Waals surface area contributed by atoms with E-state index in [0.717, 1.165) is 19.4 Å². The van der Waals surface area contributed by atoms with Gasteiger partial charge in [0.15, 0.2) is 0 Å². The number of amides is 1. The van der Waals surface area contributed by atoms with Gasteiger partial charge in [-0.25, -0.2) is 9.07 Å². The van der Waals surface area contributed by atoms with Crippen molar-refractivity contribution >= 4 is 11.6 Å². The Morgan fingerprint density at radius 2 is 2.38 bits per heavy atom. The molecule has 1 fully saturated rings. The van der Waals surface area contributed by atoms with Crippen LogP contribution in [-0.2, 0) is 4.79 Å². The number of hydrogen-bond donors (Lipinski definition) is 2. The van der Waals surface area contributed by atoms with Crippen LogP contribution in [-0.4, -0.2) is 39.2 Å². The van der Waals surface area contributed by atoms with Crippen molar-refractivity contribution < 1.29 is 9.18 Å². The second-order valence-electron chi connectivity index (χ2n) is 4.95. The zero-order valence-electron chi connectivity index (χ0n) is 11.3. The van der Waals surface area contributed by atoms with Gasteiger partial charge >= 0.3 is 0 Å². The van der Waals surface area contributed by atoms with Crippen molar-refractivity contribution in [1.82, 2.24) is 25.5 Å². The van der Waals surface area contributed by atoms with Crippen LogP contribution in [0.2, 0.25) is 0 Å². The molecule has 3 rings (SSSR count). The number of carbonyl (C=O) groups excluding carboxylic acids is 1. The standard InChI is InChI=1S/C13H15FN6O/c14-11-4-3-10(20-8-16-18-19-20)6-12(11)17-13(21)9-2-1-5-15-7-9/h3-4,6,8-9,15H,1-2,5,7H2,(H,17,21). The van der Waals surface area contributed by atoms with E-state index in [9.17, 15) is 9.18 Å². The van der Waals surface area contributed by atoms with Gasteiger partial charge in [-0.15, -0.1) is 5.10 Å². The molecule has 2 heterocycles. The van der Waals surface area contributed by atoms with E-state index in [-0.39, 0.29) is 17.5 Å². The molecule has 0 spiro atoms. The minimum Gasteiger partial charge on any atom is -0.323 e. The van der Waals surface area contributed by atoms with Crippen LogP contribution < -0.4 is 10.6 Å². The van der Waals surface area contributed by atoms with Crippen molar-refractivity contribution in [3.63, 3.8) is 0 Å². The summed E-state index contributed by atoms with van der Waals surface area (Å²) in [6, 6.07) is 4.34. The zero-order chi connectivity index (χ0) is 14.7. The Bertz CT molecular complexity index is 624. The van der Waals surface area contributed by atoms with Crippen molar-refractivity contribution in [2.45, 2.75) is 12.8 Å². The summed E-state index contributed by atoms with van der Waals surface area (Å²) in [4.78, 5) is 12.2. The number of aromatic nitrogens is 4. The molecule has 8 heteroatoms. The molecule has 1 aromatic heterocycles. The smallest absolute Gasteiger partial charge is 0.228 e. The van der Waals surface area contributed by atoms with Crippen LogP contribution in [0.1, 0.15) is 12.8 Å². The lowest BCUT2D eigenvalue weighted by molar-refractivity contribution is -0.120. The molecule has 1 aromatic carbocycles. The van der Waals surface area contributed by atoms with Crippen LogP contribution in [0.3, 0.4) is 0 Å². The summed E-state index contributed by atoms with van der Waals surface area (Å²) >= 11 is 0. The van der Waals surface area contributed by atoms with Crippen LogP contribution in [0.4, 0.5) is 10.1 Å². The SMILES string of the molecule is O=C(Nc1cc(-n2cnnn2)ccc1F)C1CCCNC1. The predicted octanol–water partition coefficient (Wildman–Crippen LogP) is 0.739. The highest BCUT2D eigenvalue weighted by Crippen LogP contribution is 2.20. The number of hydrogen-bond acceptors (Lipinski definition) is 5. The third kappa shape index (κ3) is 3.05. The van der Waals surface area contributed by atoms with Crippen molar-refractivity contribution in [3.05, 3.63) is 30.3 Å². The number of nitrogens with zero attached hydrogens (tertiary/aromatic N) is 4. The summed E-state index contributed by atoms with van der Waals surface area (Å²) in [6.07, 6.45) is 3.17. The molecule has 1 aliphatic rings. The first-order valence-corrected chi connectivity index (χ1v) is 6.78. The molecule has 0 aliphatic carbocycles. The molecule has 2 N–H and O–H groups in total. The van der Waals surface area contributed by atoms with Crippen LogP contribution >= 0.6 is 0 Å². The lowest BCUT2D eigenvalue weighted by atomic mass is 9.99. The zero-order valence-corrected chi connectivity index (χ0v) is 11.3. The average Bonchev–Trinajstić information content (AvgIpc) is 3.04. The highest BCUT2D eigenvalue weighted by molar-refractivity contribution is 5.93. The third-order valence-electron chi connectivity index (χ3n) is 3.49. The Labute approximate surface area is 120 Å². The van der Waals surface area contributed by atoms with Gasteiger partial charge in [0.05, 0.1) is 17.3 Å². The van der Waals surface area contributed by atoms with Crippen LogP contribution in [0.25, 0.3) is 5.69 Å². The van der Waals surface area contributed by atoms with E-state index in [1.54, 1.807) is 6.07 Å². The van der Waals surface area contributed by atoms with Gasteiger partial charge in [-0.1, -0.05) is 0 Å². The lowest BCUT2D eigenvalue weighted by Crippen LogP contribution is -2.37. The number of rotatable bonds is 3. The van der Waals surface area contributed by atoms with Crippen molar-refractivity contribution in [2.75, 3.05) is 18.4 Å². The summed E-state index contributed by atoms with van der Waals surface area (Å²) in [5, 5.41) is 16.6. The van der Waals surface area contributed by atoms with E-state index in [4.69, 9.17) is 0 Å². The quantitative estimate of drug-likeness (QED) is 0.871. The monoisotopic (exact) mass is 290 g/mol. The van der Waals surface area contributed by atoms with Crippen LogP contribution in [0, 0.1) is 11.7 Å². The Morgan fingerprint density at radius 3 is 3.10 bits per heavy atom. The fraction of sp³-hybridized carbons (Fsp3) is 0.385. The van der Waals surface area contributed by atoms with Gasteiger partial charge in [0.1, 0.15) is 12.1 Å². The number of anilines is 1. The number of carbonyl (C=O) groups is 1. The minimum atomic E-state index is -0.482. The van der Waals surface area contributed by atoms with Gasteiger partial charge in [0.25, 0.3) is 0 Å². The maximum absolute atomic E-state index is 13.8. The largest absolute Gasteiger partial charge is 0.323 e. The third-order valence-corrected chi connectivity index (χ3v) is 3.49. The fourth-order valence-electron chi connectivity index (χ4n) is 2.34. The second kappa shape index (κ2) is 5.96. The van der Waals surface area contributed by atoms with E-state index < -0.39 is 5.82 Å². The Balaban J connectivity index is 1.78. The second-order valence-corrected chi connectivity index (χ2v) is 4.95. The summed E-state index contributed by atoms with van der Waals surface area (Å²) in [5.41, 5.74) is 0.719. The van der Waals surface area contributed by atoms with Gasteiger partial charge in [-0.2, -0.15) is 0 Å². The number of nitrogens with one attached hydrogen (secondary N) is 2. The normalized spacial score (nSPS) is 18.4. The molecular formula is C13H15FN6O. The van der Waals surface area contributed by atoms with E-state index in [0.29, 0.717) is 12.2 Å². The number of halogens is 1. The Hall–Kier alpha value is -2.35. The van der Waals surface area contributed by atoms with Gasteiger partial charge in [0, 0.05) is 6.54 Å². The molecule has 1 aliphatic heterocycles. The summed E-state index contributed by atoms with van der Waals surface area (Å²) in [7, 11) is 0. The van der Waals surface area contributed by atoms with Crippen LogP contribution in [0.15, 0.2) is 24.5 Å². The van der Waals surface area contributed by atoms with Crippen molar-refractivity contribution in [3.8, 4) is 5.69 Å². The Morgan fingerprint density at radius 1 is 1.48 bits per heavy atom. The van der Waals surface area contributed by atoms with E-state index in [2.05, 4.69) is 26.2 Å². The first-order chi connectivity index (χ1) is 10.2. The first kappa shape index (κ1) is 13.6. The molecule has 2 aromatic rings. The molecule has 1 saturated heterocycles. The van der Waals surface area contributed by atoms with E-state index in [1.807, 2.05) is 0 Å². The molecule has 0 bridgehead atoms. The molecule has 0 radical (unpaired) electrons. The van der Waals surface area contributed by atoms with Crippen LogP contribution in [0.5, 0.6) is 0 Å². The van der Waals surface area contributed by atoms with Gasteiger partial charge in [0.2, 0.25) is 5.91 Å². The topological polar surface area (TPSA) is 84.7 Å². The van der Waals surface area contributed by atoms with E-state index in [1.165, 1.54) is 23.1 Å². The molecule has 1 unspecified atom stereocenters. The maximum Gasteiger partial charge on any atom is 0.228 e. The minimum absolute atomic E-state index is 0.130. The Kier molecular flexibility index (Phi) is 3.87. The lowest BCUT2D eigenvalue weighted by Gasteiger charge is -2.22. The molecule has 1 amide bonds. The molecule has 0 saturated carbocycles. The number of piperidine rings is 1. The van der Waals surface area contributed by atoms with Gasteiger partial charge < -0.3 is 10.6 Å². The number of tetrazole rings is 1. The summed E-state index contributed by atoms with van der Waals surface area (Å²) < 4.78 is 15.2. The molecule has 21 heavy (non-hydrogen) atoms. The summed E-state index contributed by atoms with van der Waals surface area (Å²) in [5.74, 6) is -0.784. The highest BCUT2D eigenvalue weighted by Gasteiger charge is 2.21. The number of benzene rings is 1. The highest BCUT2D eigenvalue weighted by atomic mass is 19.1.